The Balaban J connectivity index is 2.32. The van der Waals surface area contributed by atoms with Crippen LogP contribution in [-0.2, 0) is 4.74 Å². The van der Waals surface area contributed by atoms with Gasteiger partial charge in [0, 0.05) is 12.6 Å². The number of carbonyl (C=O) groups excluding carboxylic acids is 1. The Morgan fingerprint density at radius 1 is 1.40 bits per heavy atom. The molecule has 4 nitrogen and oxygen atoms in total. The van der Waals surface area contributed by atoms with Crippen LogP contribution in [0.25, 0.3) is 0 Å². The monoisotopic (exact) mass is 276 g/mol. The molecule has 1 aromatic carbocycles. The number of benzene rings is 1. The van der Waals surface area contributed by atoms with Gasteiger partial charge in [-0.3, -0.25) is 0 Å². The summed E-state index contributed by atoms with van der Waals surface area (Å²) in [6.07, 6.45) is 4.74. The number of piperidine rings is 1. The normalized spacial score (nSPS) is 18.9. The van der Waals surface area contributed by atoms with Gasteiger partial charge >= 0.3 is 5.97 Å². The summed E-state index contributed by atoms with van der Waals surface area (Å²) < 4.78 is 5.07. The molecule has 1 heterocycles. The van der Waals surface area contributed by atoms with Crippen molar-refractivity contribution in [3.8, 4) is 0 Å². The van der Waals surface area contributed by atoms with Crippen LogP contribution in [0.3, 0.4) is 0 Å². The zero-order valence-corrected chi connectivity index (χ0v) is 12.4. The first-order chi connectivity index (χ1) is 9.69. The Morgan fingerprint density at radius 3 is 2.90 bits per heavy atom. The van der Waals surface area contributed by atoms with Gasteiger partial charge in [-0.05, 0) is 44.7 Å². The molecule has 0 aliphatic carbocycles. The summed E-state index contributed by atoms with van der Waals surface area (Å²) in [4.78, 5) is 14.3. The highest BCUT2D eigenvalue weighted by atomic mass is 16.5. The predicted molar refractivity (Wildman–Crippen MR) is 82.1 cm³/mol. The van der Waals surface area contributed by atoms with Crippen molar-refractivity contribution in [1.82, 2.24) is 0 Å². The Morgan fingerprint density at radius 2 is 2.20 bits per heavy atom. The predicted octanol–water partition coefficient (Wildman–Crippen LogP) is 3.21. The molecule has 110 valence electrons. The Hall–Kier alpha value is -1.71. The smallest absolute Gasteiger partial charge is 0.340 e. The van der Waals surface area contributed by atoms with Gasteiger partial charge in [0.15, 0.2) is 0 Å². The Kier molecular flexibility index (Phi) is 4.88. The van der Waals surface area contributed by atoms with E-state index in [0.29, 0.717) is 23.9 Å². The summed E-state index contributed by atoms with van der Waals surface area (Å²) in [6.45, 7) is 5.38. The van der Waals surface area contributed by atoms with Crippen LogP contribution in [-0.4, -0.2) is 25.2 Å². The van der Waals surface area contributed by atoms with Gasteiger partial charge in [-0.2, -0.15) is 0 Å². The van der Waals surface area contributed by atoms with Crippen LogP contribution >= 0.6 is 0 Å². The van der Waals surface area contributed by atoms with E-state index in [2.05, 4.69) is 11.8 Å². The van der Waals surface area contributed by atoms with Crippen LogP contribution in [0.5, 0.6) is 0 Å². The second kappa shape index (κ2) is 6.64. The molecule has 2 rings (SSSR count). The van der Waals surface area contributed by atoms with Gasteiger partial charge in [0.05, 0.1) is 23.5 Å². The van der Waals surface area contributed by atoms with E-state index in [4.69, 9.17) is 10.5 Å². The van der Waals surface area contributed by atoms with Crippen molar-refractivity contribution in [2.75, 3.05) is 23.8 Å². The quantitative estimate of drug-likeness (QED) is 0.677. The number of para-hydroxylation sites is 1. The number of hydrogen-bond donors (Lipinski definition) is 1. The minimum Gasteiger partial charge on any atom is -0.462 e. The first-order valence-electron chi connectivity index (χ1n) is 7.51. The summed E-state index contributed by atoms with van der Waals surface area (Å²) in [7, 11) is 0. The highest BCUT2D eigenvalue weighted by Crippen LogP contribution is 2.33. The lowest BCUT2D eigenvalue weighted by atomic mass is 9.98. The molecule has 0 amide bonds. The van der Waals surface area contributed by atoms with E-state index in [1.807, 2.05) is 12.1 Å². The summed E-state index contributed by atoms with van der Waals surface area (Å²) in [5.74, 6) is -0.336. The van der Waals surface area contributed by atoms with Gasteiger partial charge in [-0.15, -0.1) is 0 Å². The molecule has 0 bridgehead atoms. The van der Waals surface area contributed by atoms with Gasteiger partial charge in [0.2, 0.25) is 0 Å². The summed E-state index contributed by atoms with van der Waals surface area (Å²) in [5.41, 5.74) is 8.22. The number of ether oxygens (including phenoxy) is 1. The van der Waals surface area contributed by atoms with E-state index in [1.54, 1.807) is 13.0 Å². The third-order valence-corrected chi connectivity index (χ3v) is 3.99. The topological polar surface area (TPSA) is 55.6 Å². The van der Waals surface area contributed by atoms with E-state index in [1.165, 1.54) is 19.3 Å². The maximum atomic E-state index is 11.9. The fraction of sp³-hybridized carbons (Fsp3) is 0.562. The molecule has 4 heteroatoms. The van der Waals surface area contributed by atoms with Crippen molar-refractivity contribution in [3.63, 3.8) is 0 Å². The van der Waals surface area contributed by atoms with Crippen LogP contribution in [0.4, 0.5) is 11.4 Å². The van der Waals surface area contributed by atoms with Crippen molar-refractivity contribution in [1.29, 1.82) is 0 Å². The number of nitrogens with two attached hydrogens (primary N) is 1. The number of nitrogens with zero attached hydrogens (tertiary/aromatic N) is 1. The molecular formula is C16H24N2O2. The van der Waals surface area contributed by atoms with Gasteiger partial charge in [0.25, 0.3) is 0 Å². The van der Waals surface area contributed by atoms with Gasteiger partial charge in [-0.1, -0.05) is 13.0 Å². The zero-order chi connectivity index (χ0) is 14.5. The largest absolute Gasteiger partial charge is 0.462 e. The van der Waals surface area contributed by atoms with E-state index >= 15 is 0 Å². The van der Waals surface area contributed by atoms with Crippen molar-refractivity contribution < 1.29 is 9.53 Å². The van der Waals surface area contributed by atoms with Gasteiger partial charge < -0.3 is 15.4 Å². The zero-order valence-electron chi connectivity index (χ0n) is 12.4. The van der Waals surface area contributed by atoms with Gasteiger partial charge in [-0.25, -0.2) is 4.79 Å². The van der Waals surface area contributed by atoms with E-state index < -0.39 is 0 Å². The van der Waals surface area contributed by atoms with Crippen LogP contribution in [0, 0.1) is 0 Å². The van der Waals surface area contributed by atoms with E-state index in [-0.39, 0.29) is 5.97 Å². The molecule has 0 aromatic heterocycles. The average Bonchev–Trinajstić information content (AvgIpc) is 2.47. The first kappa shape index (κ1) is 14.7. The third-order valence-electron chi connectivity index (χ3n) is 3.99. The third kappa shape index (κ3) is 2.89. The molecule has 0 radical (unpaired) electrons. The number of esters is 1. The molecule has 1 atom stereocenters. The van der Waals surface area contributed by atoms with Crippen LogP contribution in [0.15, 0.2) is 18.2 Å². The number of hydrogen-bond acceptors (Lipinski definition) is 4. The van der Waals surface area contributed by atoms with Crippen LogP contribution < -0.4 is 10.6 Å². The lowest BCUT2D eigenvalue weighted by Gasteiger charge is -2.38. The molecule has 1 aliphatic heterocycles. The lowest BCUT2D eigenvalue weighted by molar-refractivity contribution is 0.0527. The van der Waals surface area contributed by atoms with E-state index in [0.717, 1.165) is 18.7 Å². The number of rotatable bonds is 4. The molecule has 1 fully saturated rings. The molecule has 0 spiro atoms. The molecule has 1 unspecified atom stereocenters. The number of carbonyl (C=O) groups is 1. The summed E-state index contributed by atoms with van der Waals surface area (Å²) in [6, 6.07) is 6.15. The molecule has 1 aromatic rings. The van der Waals surface area contributed by atoms with Crippen molar-refractivity contribution in [3.05, 3.63) is 23.8 Å². The fourth-order valence-corrected chi connectivity index (χ4v) is 2.93. The maximum absolute atomic E-state index is 11.9. The molecular weight excluding hydrogens is 252 g/mol. The van der Waals surface area contributed by atoms with Crippen molar-refractivity contribution in [2.45, 2.75) is 45.6 Å². The molecule has 20 heavy (non-hydrogen) atoms. The second-order valence-electron chi connectivity index (χ2n) is 5.21. The lowest BCUT2D eigenvalue weighted by Crippen LogP contribution is -2.39. The molecule has 1 saturated heterocycles. The maximum Gasteiger partial charge on any atom is 0.340 e. The Labute approximate surface area is 120 Å². The minimum absolute atomic E-state index is 0.336. The molecule has 1 aliphatic rings. The number of nitrogen functional groups attached to an aromatic ring is 1. The van der Waals surface area contributed by atoms with Crippen molar-refractivity contribution in [2.24, 2.45) is 0 Å². The van der Waals surface area contributed by atoms with Gasteiger partial charge in [0.1, 0.15) is 0 Å². The molecule has 0 saturated carbocycles. The summed E-state index contributed by atoms with van der Waals surface area (Å²) in [5, 5.41) is 0. The highest BCUT2D eigenvalue weighted by Gasteiger charge is 2.24. The molecule has 2 N–H and O–H groups in total. The second-order valence-corrected chi connectivity index (χ2v) is 5.21. The van der Waals surface area contributed by atoms with Crippen LogP contribution in [0.2, 0.25) is 0 Å². The summed E-state index contributed by atoms with van der Waals surface area (Å²) >= 11 is 0. The SMILES string of the molecule is CCOC(=O)c1cccc(N2CCCCC2CC)c1N. The highest BCUT2D eigenvalue weighted by molar-refractivity contribution is 5.98. The average molecular weight is 276 g/mol. The standard InChI is InChI=1S/C16H24N2O2/c1-3-12-8-5-6-11-18(12)14-10-7-9-13(15(14)17)16(19)20-4-2/h7,9-10,12H,3-6,8,11,17H2,1-2H3. The van der Waals surface area contributed by atoms with Crippen LogP contribution in [0.1, 0.15) is 49.9 Å². The van der Waals surface area contributed by atoms with E-state index in [9.17, 15) is 4.79 Å². The first-order valence-corrected chi connectivity index (χ1v) is 7.51. The minimum atomic E-state index is -0.336. The van der Waals surface area contributed by atoms with Crippen molar-refractivity contribution >= 4 is 17.3 Å². The fourth-order valence-electron chi connectivity index (χ4n) is 2.93. The Bertz CT molecular complexity index is 474. The number of anilines is 2.